The van der Waals surface area contributed by atoms with Crippen LogP contribution in [0.4, 0.5) is 0 Å². The summed E-state index contributed by atoms with van der Waals surface area (Å²) in [7, 11) is 0. The Morgan fingerprint density at radius 1 is 1.60 bits per heavy atom. The molecule has 55 valence electrons. The van der Waals surface area contributed by atoms with E-state index < -0.39 is 12.1 Å². The molecule has 0 aliphatic heterocycles. The van der Waals surface area contributed by atoms with Gasteiger partial charge in [-0.05, 0) is 5.92 Å². The van der Waals surface area contributed by atoms with E-state index in [1.54, 1.807) is 6.92 Å². The van der Waals surface area contributed by atoms with Crippen LogP contribution >= 0.6 is 0 Å². The molecule has 0 spiro atoms. The van der Waals surface area contributed by atoms with Gasteiger partial charge in [-0.1, -0.05) is 20.3 Å². The Morgan fingerprint density at radius 3 is 2.10 bits per heavy atom. The van der Waals surface area contributed by atoms with Crippen molar-refractivity contribution in [1.29, 1.82) is 0 Å². The Balaban J connectivity index is 0. The fraction of sp³-hybridized carbons (Fsp3) is 0.833. The monoisotopic (exact) mass is 155 g/mol. The zero-order valence-corrected chi connectivity index (χ0v) is 8.66. The van der Waals surface area contributed by atoms with Crippen molar-refractivity contribution in [3.05, 3.63) is 0 Å². The average Bonchev–Trinajstić information content (AvgIpc) is 1.84. The molecule has 0 rings (SSSR count). The first-order valence-corrected chi connectivity index (χ1v) is 3.00. The van der Waals surface area contributed by atoms with Crippen LogP contribution in [0.2, 0.25) is 0 Å². The summed E-state index contributed by atoms with van der Waals surface area (Å²) >= 11 is 0. The molecule has 4 heteroatoms. The van der Waals surface area contributed by atoms with E-state index in [1.807, 2.05) is 6.92 Å². The molecule has 2 N–H and O–H groups in total. The number of carboxylic acids is 1. The Bertz CT molecular complexity index is 105. The van der Waals surface area contributed by atoms with Crippen LogP contribution in [0.25, 0.3) is 0 Å². The molecule has 0 saturated carbocycles. The van der Waals surface area contributed by atoms with E-state index in [0.29, 0.717) is 6.42 Å². The van der Waals surface area contributed by atoms with Crippen molar-refractivity contribution in [2.24, 2.45) is 5.92 Å². The molecule has 0 aliphatic carbocycles. The van der Waals surface area contributed by atoms with Gasteiger partial charge in [0.1, 0.15) is 0 Å². The van der Waals surface area contributed by atoms with Gasteiger partial charge in [-0.2, -0.15) is 0 Å². The van der Waals surface area contributed by atoms with Gasteiger partial charge in [-0.3, -0.25) is 0 Å². The van der Waals surface area contributed by atoms with Gasteiger partial charge < -0.3 is 10.2 Å². The molecule has 0 aromatic carbocycles. The molecular weight excluding hydrogens is 143 g/mol. The van der Waals surface area contributed by atoms with E-state index in [9.17, 15) is 4.79 Å². The summed E-state index contributed by atoms with van der Waals surface area (Å²) in [6.07, 6.45) is -0.511. The van der Waals surface area contributed by atoms with Crippen molar-refractivity contribution in [2.75, 3.05) is 0 Å². The van der Waals surface area contributed by atoms with Gasteiger partial charge in [-0.25, -0.2) is 4.79 Å². The number of aliphatic hydroxyl groups is 1. The van der Waals surface area contributed by atoms with Gasteiger partial charge in [0.2, 0.25) is 0 Å². The van der Waals surface area contributed by atoms with E-state index in [-0.39, 0.29) is 35.5 Å². The summed E-state index contributed by atoms with van der Waals surface area (Å²) in [6.45, 7) is 3.55. The maximum Gasteiger partial charge on any atom is 0.332 e. The van der Waals surface area contributed by atoms with Gasteiger partial charge in [-0.15, -0.1) is 0 Å². The minimum absolute atomic E-state index is 0. The van der Waals surface area contributed by atoms with E-state index in [4.69, 9.17) is 10.2 Å². The van der Waals surface area contributed by atoms with Crippen LogP contribution in [-0.2, 0) is 4.79 Å². The summed E-state index contributed by atoms with van der Waals surface area (Å²) in [6, 6.07) is 0. The van der Waals surface area contributed by atoms with Gasteiger partial charge in [0.05, 0.1) is 0 Å². The third kappa shape index (κ3) is 4.28. The quantitative estimate of drug-likeness (QED) is 0.568. The number of hydrogen-bond acceptors (Lipinski definition) is 2. The molecule has 2 atom stereocenters. The van der Waals surface area contributed by atoms with Crippen LogP contribution in [0.3, 0.4) is 0 Å². The smallest absolute Gasteiger partial charge is 0.332 e. The minimum atomic E-state index is -1.20. The molecule has 0 aliphatic rings. The molecule has 0 aromatic rings. The summed E-state index contributed by atoms with van der Waals surface area (Å²) in [5.74, 6) is -1.29. The molecule has 0 fully saturated rings. The predicted octanol–water partition coefficient (Wildman–Crippen LogP) is 0.0972. The summed E-state index contributed by atoms with van der Waals surface area (Å²) in [5, 5.41) is 17.0. The molecular formula is C6H12NaO3. The van der Waals surface area contributed by atoms with E-state index in [1.165, 1.54) is 0 Å². The van der Waals surface area contributed by atoms with Crippen molar-refractivity contribution in [2.45, 2.75) is 26.4 Å². The van der Waals surface area contributed by atoms with Crippen LogP contribution in [0.15, 0.2) is 0 Å². The first-order chi connectivity index (χ1) is 4.09. The topological polar surface area (TPSA) is 57.5 Å². The van der Waals surface area contributed by atoms with Gasteiger partial charge in [0.15, 0.2) is 6.10 Å². The van der Waals surface area contributed by atoms with Gasteiger partial charge in [0.25, 0.3) is 0 Å². The van der Waals surface area contributed by atoms with E-state index in [0.717, 1.165) is 0 Å². The van der Waals surface area contributed by atoms with Gasteiger partial charge in [0, 0.05) is 29.6 Å². The zero-order valence-electron chi connectivity index (χ0n) is 6.66. The standard InChI is InChI=1S/C6H12O3.Na/c1-3-4(2)5(7)6(8)9;/h4-5,7H,3H2,1-2H3,(H,8,9);/t4-,5-;/m1./s1. The van der Waals surface area contributed by atoms with Crippen LogP contribution < -0.4 is 0 Å². The average molecular weight is 155 g/mol. The molecule has 0 aromatic heterocycles. The second-order valence-corrected chi connectivity index (χ2v) is 2.17. The number of rotatable bonds is 3. The molecule has 1 radical (unpaired) electrons. The number of carboxylic acid groups (broad SMARTS) is 1. The molecule has 0 unspecified atom stereocenters. The Hall–Kier alpha value is 0.430. The largest absolute Gasteiger partial charge is 0.479 e. The molecule has 3 nitrogen and oxygen atoms in total. The van der Waals surface area contributed by atoms with E-state index in [2.05, 4.69) is 0 Å². The second-order valence-electron chi connectivity index (χ2n) is 2.17. The number of carbonyl (C=O) groups is 1. The molecule has 0 saturated heterocycles. The number of aliphatic hydroxyl groups excluding tert-OH is 1. The normalized spacial score (nSPS) is 15.1. The Morgan fingerprint density at radius 2 is 2.00 bits per heavy atom. The Labute approximate surface area is 82.7 Å². The minimum Gasteiger partial charge on any atom is -0.479 e. The molecule has 0 heterocycles. The second kappa shape index (κ2) is 6.16. The first kappa shape index (κ1) is 13.1. The molecule has 10 heavy (non-hydrogen) atoms. The summed E-state index contributed by atoms with van der Waals surface area (Å²) < 4.78 is 0. The third-order valence-electron chi connectivity index (χ3n) is 1.44. The van der Waals surface area contributed by atoms with Crippen molar-refractivity contribution in [3.63, 3.8) is 0 Å². The van der Waals surface area contributed by atoms with Crippen LogP contribution in [0.1, 0.15) is 20.3 Å². The van der Waals surface area contributed by atoms with Crippen molar-refractivity contribution in [1.82, 2.24) is 0 Å². The van der Waals surface area contributed by atoms with Gasteiger partial charge >= 0.3 is 5.97 Å². The Kier molecular flexibility index (Phi) is 8.04. The zero-order chi connectivity index (χ0) is 7.44. The fourth-order valence-corrected chi connectivity index (χ4v) is 0.467. The SMILES string of the molecule is CC[C@@H](C)[C@@H](O)C(=O)O.[Na]. The number of aliphatic carboxylic acids is 1. The first-order valence-electron chi connectivity index (χ1n) is 3.00. The van der Waals surface area contributed by atoms with Crippen LogP contribution in [-0.4, -0.2) is 51.8 Å². The summed E-state index contributed by atoms with van der Waals surface area (Å²) in [5.41, 5.74) is 0. The van der Waals surface area contributed by atoms with Crippen molar-refractivity contribution >= 4 is 35.5 Å². The predicted molar refractivity (Wildman–Crippen MR) is 38.9 cm³/mol. The van der Waals surface area contributed by atoms with Crippen LogP contribution in [0.5, 0.6) is 0 Å². The maximum absolute atomic E-state index is 10.0. The molecule has 0 amide bonds. The molecule has 0 bridgehead atoms. The fourth-order valence-electron chi connectivity index (χ4n) is 0.467. The number of hydrogen-bond donors (Lipinski definition) is 2. The van der Waals surface area contributed by atoms with Crippen molar-refractivity contribution in [3.8, 4) is 0 Å². The van der Waals surface area contributed by atoms with Crippen LogP contribution in [0, 0.1) is 5.92 Å². The maximum atomic E-state index is 10.0. The van der Waals surface area contributed by atoms with Crippen molar-refractivity contribution < 1.29 is 15.0 Å². The van der Waals surface area contributed by atoms with E-state index >= 15 is 0 Å². The third-order valence-corrected chi connectivity index (χ3v) is 1.44. The summed E-state index contributed by atoms with van der Waals surface area (Å²) in [4.78, 5) is 10.0.